The van der Waals surface area contributed by atoms with E-state index in [1.807, 2.05) is 0 Å². The van der Waals surface area contributed by atoms with Crippen LogP contribution in [0.5, 0.6) is 0 Å². The molecule has 2 heterocycles. The molecule has 0 aromatic heterocycles. The number of nitrogen functional groups attached to an aromatic ring is 1. The fraction of sp³-hybridized carbons (Fsp3) is 0.0833. The highest BCUT2D eigenvalue weighted by atomic mass is 16.5. The van der Waals surface area contributed by atoms with Crippen LogP contribution in [0.15, 0.2) is 66.7 Å². The Morgan fingerprint density at radius 1 is 0.750 bits per heavy atom. The zero-order valence-corrected chi connectivity index (χ0v) is 16.8. The zero-order chi connectivity index (χ0) is 22.7. The third kappa shape index (κ3) is 4.06. The lowest BCUT2D eigenvalue weighted by Gasteiger charge is -2.07. The number of nitrogens with two attached hydrogens (primary N) is 1. The maximum Gasteiger partial charge on any atom is 0.338 e. The van der Waals surface area contributed by atoms with E-state index in [4.69, 9.17) is 15.2 Å². The van der Waals surface area contributed by atoms with E-state index >= 15 is 0 Å². The van der Waals surface area contributed by atoms with Gasteiger partial charge < -0.3 is 20.5 Å². The van der Waals surface area contributed by atoms with Gasteiger partial charge in [0.1, 0.15) is 13.2 Å². The van der Waals surface area contributed by atoms with Crippen LogP contribution in [0, 0.1) is 0 Å². The highest BCUT2D eigenvalue weighted by Crippen LogP contribution is 2.27. The summed E-state index contributed by atoms with van der Waals surface area (Å²) >= 11 is 0. The number of ketones is 1. The molecule has 0 radical (unpaired) electrons. The van der Waals surface area contributed by atoms with Gasteiger partial charge in [-0.3, -0.25) is 9.59 Å². The normalized spacial score (nSPS) is 13.1. The van der Waals surface area contributed by atoms with Crippen molar-refractivity contribution in [3.05, 3.63) is 94.5 Å². The van der Waals surface area contributed by atoms with Gasteiger partial charge >= 0.3 is 11.9 Å². The zero-order valence-electron chi connectivity index (χ0n) is 16.8. The quantitative estimate of drug-likeness (QED) is 0.283. The van der Waals surface area contributed by atoms with Crippen molar-refractivity contribution in [3.8, 4) is 0 Å². The molecule has 0 fully saturated rings. The molecular weight excluding hydrogens is 412 g/mol. The molecule has 0 saturated carbocycles. The number of rotatable bonds is 3. The van der Waals surface area contributed by atoms with Gasteiger partial charge in [-0.05, 0) is 24.3 Å². The van der Waals surface area contributed by atoms with Gasteiger partial charge in [-0.2, -0.15) is 0 Å². The van der Waals surface area contributed by atoms with Crippen LogP contribution in [0.4, 0.5) is 11.4 Å². The Balaban J connectivity index is 0.000000186. The highest BCUT2D eigenvalue weighted by molar-refractivity contribution is 6.46. The smallest absolute Gasteiger partial charge is 0.338 e. The number of fused-ring (bicyclic) bond motifs is 2. The minimum atomic E-state index is -0.742. The molecule has 8 heteroatoms. The molecule has 0 atom stereocenters. The predicted molar refractivity (Wildman–Crippen MR) is 115 cm³/mol. The van der Waals surface area contributed by atoms with E-state index in [2.05, 4.69) is 5.32 Å². The summed E-state index contributed by atoms with van der Waals surface area (Å²) in [5.41, 5.74) is 9.40. The molecule has 3 aromatic rings. The van der Waals surface area contributed by atoms with Crippen LogP contribution in [0.25, 0.3) is 0 Å². The number of hydrogen-bond donors (Lipinski definition) is 2. The summed E-state index contributed by atoms with van der Waals surface area (Å²) in [5, 5.41) is 2.54. The molecular formula is C24H18N2O6. The number of ether oxygens (including phenoxy) is 2. The minimum Gasteiger partial charge on any atom is -0.457 e. The molecule has 0 saturated heterocycles. The lowest BCUT2D eigenvalue weighted by atomic mass is 10.1. The molecule has 8 nitrogen and oxygen atoms in total. The summed E-state index contributed by atoms with van der Waals surface area (Å²) in [6, 6.07) is 18.4. The van der Waals surface area contributed by atoms with Crippen LogP contribution in [0.1, 0.15) is 42.2 Å². The van der Waals surface area contributed by atoms with Crippen LogP contribution in [-0.2, 0) is 27.5 Å². The van der Waals surface area contributed by atoms with E-state index in [1.165, 1.54) is 0 Å². The number of anilines is 2. The number of cyclic esters (lactones) is 2. The second kappa shape index (κ2) is 8.73. The maximum atomic E-state index is 12.0. The van der Waals surface area contributed by atoms with E-state index in [1.54, 1.807) is 66.7 Å². The second-order valence-electron chi connectivity index (χ2n) is 7.01. The SMILES string of the molecule is Nc1cccc2c1COC2=O.O=C(Nc1cccc2c1COC2=O)C(=O)c1ccccc1. The minimum absolute atomic E-state index is 0.101. The van der Waals surface area contributed by atoms with Gasteiger partial charge in [-0.25, -0.2) is 9.59 Å². The van der Waals surface area contributed by atoms with Crippen molar-refractivity contribution in [2.75, 3.05) is 11.1 Å². The summed E-state index contributed by atoms with van der Waals surface area (Å²) in [6.45, 7) is 0.422. The maximum absolute atomic E-state index is 12.0. The first-order chi connectivity index (χ1) is 15.5. The molecule has 1 amide bonds. The monoisotopic (exact) mass is 430 g/mol. The number of esters is 2. The Hall–Kier alpha value is -4.46. The third-order valence-electron chi connectivity index (χ3n) is 5.01. The van der Waals surface area contributed by atoms with Crippen LogP contribution >= 0.6 is 0 Å². The van der Waals surface area contributed by atoms with E-state index in [0.29, 0.717) is 40.2 Å². The van der Waals surface area contributed by atoms with Gasteiger partial charge in [-0.1, -0.05) is 42.5 Å². The lowest BCUT2D eigenvalue weighted by molar-refractivity contribution is -0.112. The topological polar surface area (TPSA) is 125 Å². The molecule has 0 bridgehead atoms. The molecule has 160 valence electrons. The summed E-state index contributed by atoms with van der Waals surface area (Å²) in [4.78, 5) is 46.4. The van der Waals surface area contributed by atoms with Gasteiger partial charge in [0.15, 0.2) is 0 Å². The molecule has 3 aromatic carbocycles. The number of Topliss-reactive ketones (excluding diaryl/α,β-unsaturated/α-hetero) is 1. The Labute approximate surface area is 182 Å². The van der Waals surface area contributed by atoms with Gasteiger partial charge in [0.05, 0.1) is 11.1 Å². The summed E-state index contributed by atoms with van der Waals surface area (Å²) < 4.78 is 9.70. The standard InChI is InChI=1S/C16H11NO4.C8H7NO2/c18-14(10-5-2-1-3-6-10)15(19)17-13-8-4-7-11-12(13)9-21-16(11)20;9-7-3-1-2-5-6(7)4-11-8(5)10/h1-8H,9H2,(H,17,19);1-3H,4,9H2. The van der Waals surface area contributed by atoms with Crippen molar-refractivity contribution in [2.45, 2.75) is 13.2 Å². The summed E-state index contributed by atoms with van der Waals surface area (Å²) in [5.74, 6) is -2.06. The molecule has 0 unspecified atom stereocenters. The van der Waals surface area contributed by atoms with E-state index in [-0.39, 0.29) is 12.6 Å². The number of carbonyl (C=O) groups is 4. The van der Waals surface area contributed by atoms with Crippen LogP contribution < -0.4 is 11.1 Å². The van der Waals surface area contributed by atoms with Gasteiger partial charge in [-0.15, -0.1) is 0 Å². The summed E-state index contributed by atoms with van der Waals surface area (Å²) in [6.07, 6.45) is 0. The Morgan fingerprint density at radius 3 is 2.00 bits per heavy atom. The van der Waals surface area contributed by atoms with Crippen molar-refractivity contribution < 1.29 is 28.7 Å². The molecule has 2 aliphatic heterocycles. The van der Waals surface area contributed by atoms with Gasteiger partial charge in [0.2, 0.25) is 0 Å². The van der Waals surface area contributed by atoms with Crippen molar-refractivity contribution >= 4 is 35.0 Å². The average Bonchev–Trinajstić information content (AvgIpc) is 3.39. The predicted octanol–water partition coefficient (Wildman–Crippen LogP) is 3.12. The Bertz CT molecular complexity index is 1240. The summed E-state index contributed by atoms with van der Waals surface area (Å²) in [7, 11) is 0. The second-order valence-corrected chi connectivity index (χ2v) is 7.01. The first-order valence-corrected chi connectivity index (χ1v) is 9.70. The van der Waals surface area contributed by atoms with Crippen molar-refractivity contribution in [3.63, 3.8) is 0 Å². The fourth-order valence-electron chi connectivity index (χ4n) is 3.34. The lowest BCUT2D eigenvalue weighted by Crippen LogP contribution is -2.23. The van der Waals surface area contributed by atoms with E-state index < -0.39 is 17.7 Å². The first kappa shape index (κ1) is 20.8. The van der Waals surface area contributed by atoms with Gasteiger partial charge in [0.25, 0.3) is 11.7 Å². The largest absolute Gasteiger partial charge is 0.457 e. The Morgan fingerprint density at radius 2 is 1.34 bits per heavy atom. The molecule has 0 spiro atoms. The van der Waals surface area contributed by atoms with Crippen molar-refractivity contribution in [1.29, 1.82) is 0 Å². The number of benzene rings is 3. The first-order valence-electron chi connectivity index (χ1n) is 9.70. The van der Waals surface area contributed by atoms with Gasteiger partial charge in [0, 0.05) is 28.1 Å². The molecule has 32 heavy (non-hydrogen) atoms. The third-order valence-corrected chi connectivity index (χ3v) is 5.01. The number of nitrogens with one attached hydrogen (secondary N) is 1. The van der Waals surface area contributed by atoms with Crippen LogP contribution in [0.3, 0.4) is 0 Å². The number of hydrogen-bond acceptors (Lipinski definition) is 7. The Kier molecular flexibility index (Phi) is 5.67. The van der Waals surface area contributed by atoms with Crippen molar-refractivity contribution in [2.24, 2.45) is 0 Å². The average molecular weight is 430 g/mol. The van der Waals surface area contributed by atoms with E-state index in [0.717, 1.165) is 5.56 Å². The number of amides is 1. The number of carbonyl (C=O) groups excluding carboxylic acids is 4. The molecule has 3 N–H and O–H groups in total. The molecule has 5 rings (SSSR count). The van der Waals surface area contributed by atoms with Crippen molar-refractivity contribution in [1.82, 2.24) is 0 Å². The highest BCUT2D eigenvalue weighted by Gasteiger charge is 2.25. The fourth-order valence-corrected chi connectivity index (χ4v) is 3.34. The molecule has 0 aliphatic carbocycles. The van der Waals surface area contributed by atoms with E-state index in [9.17, 15) is 19.2 Å². The van der Waals surface area contributed by atoms with Crippen LogP contribution in [-0.4, -0.2) is 23.6 Å². The van der Waals surface area contributed by atoms with Crippen LogP contribution in [0.2, 0.25) is 0 Å². The molecule has 2 aliphatic rings.